The number of fused-ring (bicyclic) bond motifs is 1. The van der Waals surface area contributed by atoms with E-state index in [4.69, 9.17) is 9.84 Å². The lowest BCUT2D eigenvalue weighted by atomic mass is 9.90. The number of ether oxygens (including phenoxy) is 1. The highest BCUT2D eigenvalue weighted by Gasteiger charge is 2.71. The lowest BCUT2D eigenvalue weighted by molar-refractivity contribution is -0.376. The zero-order valence-electron chi connectivity index (χ0n) is 21.1. The first-order valence-corrected chi connectivity index (χ1v) is 11.9. The van der Waals surface area contributed by atoms with E-state index in [0.717, 1.165) is 16.3 Å². The molecule has 0 amide bonds. The summed E-state index contributed by atoms with van der Waals surface area (Å²) >= 11 is 0. The molecule has 4 rings (SSSR count). The van der Waals surface area contributed by atoms with Crippen molar-refractivity contribution < 1.29 is 41.3 Å². The van der Waals surface area contributed by atoms with Gasteiger partial charge >= 0.3 is 12.4 Å². The van der Waals surface area contributed by atoms with Crippen LogP contribution in [0.3, 0.4) is 0 Å². The lowest BCUT2D eigenvalue weighted by Gasteiger charge is -2.33. The maximum atomic E-state index is 13.8. The minimum absolute atomic E-state index is 0.0356. The molecule has 0 atom stereocenters. The van der Waals surface area contributed by atoms with Crippen LogP contribution < -0.4 is 10.3 Å². The Hall–Kier alpha value is -3.97. The zero-order chi connectivity index (χ0) is 29.5. The van der Waals surface area contributed by atoms with Crippen LogP contribution >= 0.6 is 0 Å². The van der Waals surface area contributed by atoms with Gasteiger partial charge in [0.05, 0.1) is 23.2 Å². The number of rotatable bonds is 7. The minimum atomic E-state index is -6.06. The molecular formula is C27H23F6N3O4. The molecule has 0 aliphatic carbocycles. The fourth-order valence-electron chi connectivity index (χ4n) is 4.24. The van der Waals surface area contributed by atoms with Crippen molar-refractivity contribution in [2.24, 2.45) is 0 Å². The molecule has 0 spiro atoms. The van der Waals surface area contributed by atoms with Gasteiger partial charge in [-0.05, 0) is 55.3 Å². The van der Waals surface area contributed by atoms with Gasteiger partial charge in [0, 0.05) is 23.9 Å². The Labute approximate surface area is 223 Å². The van der Waals surface area contributed by atoms with Crippen LogP contribution in [0, 0.1) is 13.8 Å². The number of hydrogen-bond acceptors (Lipinski definition) is 6. The Morgan fingerprint density at radius 3 is 2.23 bits per heavy atom. The third-order valence-corrected chi connectivity index (χ3v) is 6.28. The minimum Gasteiger partial charge on any atom is -0.491 e. The number of halogens is 6. The average molecular weight is 567 g/mol. The first-order chi connectivity index (χ1) is 18.7. The summed E-state index contributed by atoms with van der Waals surface area (Å²) in [7, 11) is 0. The third-order valence-electron chi connectivity index (χ3n) is 6.28. The molecule has 2 heterocycles. The number of benzene rings is 2. The zero-order valence-corrected chi connectivity index (χ0v) is 21.1. The van der Waals surface area contributed by atoms with Crippen molar-refractivity contribution in [1.29, 1.82) is 0 Å². The number of aryl methyl sites for hydroxylation is 2. The van der Waals surface area contributed by atoms with Crippen molar-refractivity contribution >= 4 is 10.9 Å². The van der Waals surface area contributed by atoms with Crippen molar-refractivity contribution in [3.63, 3.8) is 0 Å². The van der Waals surface area contributed by atoms with E-state index in [1.54, 1.807) is 31.3 Å². The van der Waals surface area contributed by atoms with Crippen molar-refractivity contribution in [1.82, 2.24) is 14.5 Å². The van der Waals surface area contributed by atoms with Gasteiger partial charge in [-0.25, -0.2) is 4.98 Å². The SMILES string of the molecule is Cc1ccc(Cc2nc3ccc(OCCO)cc3c(=O)n2-c2ccc(C(O)(C(F)(F)F)C(F)(F)F)cc2C)cn1. The topological polar surface area (TPSA) is 97.5 Å². The summed E-state index contributed by atoms with van der Waals surface area (Å²) in [6.07, 6.45) is -10.5. The first-order valence-electron chi connectivity index (χ1n) is 11.9. The number of hydrogen-bond donors (Lipinski definition) is 2. The molecular weight excluding hydrogens is 544 g/mol. The second-order valence-corrected chi connectivity index (χ2v) is 9.11. The molecule has 0 fully saturated rings. The molecule has 0 unspecified atom stereocenters. The molecule has 2 aromatic heterocycles. The fourth-order valence-corrected chi connectivity index (χ4v) is 4.24. The van der Waals surface area contributed by atoms with Gasteiger partial charge in [0.25, 0.3) is 11.2 Å². The molecule has 0 aliphatic rings. The largest absolute Gasteiger partial charge is 0.491 e. The number of aliphatic hydroxyl groups is 2. The van der Waals surface area contributed by atoms with E-state index >= 15 is 0 Å². The van der Waals surface area contributed by atoms with Crippen LogP contribution in [0.5, 0.6) is 5.75 Å². The predicted octanol–water partition coefficient (Wildman–Crippen LogP) is 4.67. The number of aliphatic hydroxyl groups excluding tert-OH is 1. The maximum absolute atomic E-state index is 13.8. The number of pyridine rings is 1. The Morgan fingerprint density at radius 1 is 0.950 bits per heavy atom. The molecule has 2 N–H and O–H groups in total. The van der Waals surface area contributed by atoms with Crippen LogP contribution in [0.25, 0.3) is 16.6 Å². The van der Waals surface area contributed by atoms with E-state index in [1.165, 1.54) is 19.1 Å². The monoisotopic (exact) mass is 567 g/mol. The van der Waals surface area contributed by atoms with Gasteiger partial charge in [0.15, 0.2) is 0 Å². The lowest BCUT2D eigenvalue weighted by Crippen LogP contribution is -2.54. The Bertz CT molecular complexity index is 1580. The smallest absolute Gasteiger partial charge is 0.430 e. The molecule has 0 bridgehead atoms. The van der Waals surface area contributed by atoms with Gasteiger partial charge in [0.2, 0.25) is 0 Å². The predicted molar refractivity (Wildman–Crippen MR) is 132 cm³/mol. The van der Waals surface area contributed by atoms with Gasteiger partial charge < -0.3 is 14.9 Å². The van der Waals surface area contributed by atoms with Crippen LogP contribution in [0.1, 0.15) is 28.2 Å². The maximum Gasteiger partial charge on any atom is 0.430 e. The highest BCUT2D eigenvalue weighted by atomic mass is 19.4. The molecule has 0 saturated carbocycles. The van der Waals surface area contributed by atoms with Crippen molar-refractivity contribution in [2.45, 2.75) is 38.2 Å². The third kappa shape index (κ3) is 5.26. The van der Waals surface area contributed by atoms with Crippen molar-refractivity contribution in [3.05, 3.63) is 93.3 Å². The van der Waals surface area contributed by atoms with Crippen LogP contribution in [0.4, 0.5) is 26.3 Å². The van der Waals surface area contributed by atoms with E-state index < -0.39 is 29.1 Å². The van der Waals surface area contributed by atoms with Crippen molar-refractivity contribution in [3.8, 4) is 11.4 Å². The molecule has 4 aromatic rings. The summed E-state index contributed by atoms with van der Waals surface area (Å²) < 4.78 is 87.3. The van der Waals surface area contributed by atoms with Gasteiger partial charge in [-0.2, -0.15) is 26.3 Å². The van der Waals surface area contributed by atoms with E-state index in [2.05, 4.69) is 9.97 Å². The molecule has 0 saturated heterocycles. The highest BCUT2D eigenvalue weighted by molar-refractivity contribution is 5.80. The Kier molecular flexibility index (Phi) is 7.65. The summed E-state index contributed by atoms with van der Waals surface area (Å²) in [5.74, 6) is 0.389. The second-order valence-electron chi connectivity index (χ2n) is 9.11. The van der Waals surface area contributed by atoms with Crippen molar-refractivity contribution in [2.75, 3.05) is 13.2 Å². The molecule has 7 nitrogen and oxygen atoms in total. The number of nitrogens with zero attached hydrogens (tertiary/aromatic N) is 3. The van der Waals surface area contributed by atoms with E-state index in [1.807, 2.05) is 0 Å². The van der Waals surface area contributed by atoms with E-state index in [0.29, 0.717) is 17.7 Å². The van der Waals surface area contributed by atoms with Crippen LogP contribution in [0.15, 0.2) is 59.5 Å². The van der Waals surface area contributed by atoms with Crippen LogP contribution in [-0.2, 0) is 12.0 Å². The summed E-state index contributed by atoms with van der Waals surface area (Å²) in [5.41, 5.74) is -5.76. The first kappa shape index (κ1) is 29.0. The Balaban J connectivity index is 1.95. The van der Waals surface area contributed by atoms with Gasteiger partial charge in [-0.3, -0.25) is 14.3 Å². The van der Waals surface area contributed by atoms with Gasteiger partial charge in [0.1, 0.15) is 18.2 Å². The quantitative estimate of drug-likeness (QED) is 0.315. The molecule has 2 aromatic carbocycles. The number of alkyl halides is 6. The second kappa shape index (κ2) is 10.5. The Morgan fingerprint density at radius 2 is 1.65 bits per heavy atom. The summed E-state index contributed by atoms with van der Waals surface area (Å²) in [5, 5.41) is 18.9. The molecule has 13 heteroatoms. The standard InChI is InChI=1S/C27H23F6N3O4/c1-15-11-18(25(39,26(28,29)30)27(31,32)33)5-8-22(15)36-23(12-17-4-3-16(2)34-14-17)35-21-7-6-19(40-10-9-37)13-20(21)24(36)38/h3-8,11,13-14,37,39H,9-10,12H2,1-2H3. The highest BCUT2D eigenvalue weighted by Crippen LogP contribution is 2.50. The number of aromatic nitrogens is 3. The summed E-state index contributed by atoms with van der Waals surface area (Å²) in [6, 6.07) is 9.86. The summed E-state index contributed by atoms with van der Waals surface area (Å²) in [6.45, 7) is 2.67. The van der Waals surface area contributed by atoms with E-state index in [-0.39, 0.29) is 53.4 Å². The summed E-state index contributed by atoms with van der Waals surface area (Å²) in [4.78, 5) is 22.5. The molecule has 0 radical (unpaired) electrons. The molecule has 40 heavy (non-hydrogen) atoms. The van der Waals surface area contributed by atoms with Gasteiger partial charge in [-0.1, -0.05) is 18.2 Å². The van der Waals surface area contributed by atoms with Gasteiger partial charge in [-0.15, -0.1) is 0 Å². The van der Waals surface area contributed by atoms with Crippen LogP contribution in [0.2, 0.25) is 0 Å². The normalized spacial score (nSPS) is 12.7. The molecule has 212 valence electrons. The average Bonchev–Trinajstić information content (AvgIpc) is 2.88. The molecule has 0 aliphatic heterocycles. The van der Waals surface area contributed by atoms with Crippen LogP contribution in [-0.4, -0.2) is 50.3 Å². The fraction of sp³-hybridized carbons (Fsp3) is 0.296. The van der Waals surface area contributed by atoms with E-state index in [9.17, 15) is 36.2 Å².